The van der Waals surface area contributed by atoms with Crippen molar-refractivity contribution in [2.24, 2.45) is 0 Å². The Morgan fingerprint density at radius 1 is 1.00 bits per heavy atom. The minimum Gasteiger partial charge on any atom is -0.506 e. The molecule has 0 amide bonds. The first-order valence-electron chi connectivity index (χ1n) is 16.7. The van der Waals surface area contributed by atoms with Crippen LogP contribution in [0.2, 0.25) is 5.15 Å². The lowest BCUT2D eigenvalue weighted by atomic mass is 9.96. The molecule has 12 nitrogen and oxygen atoms in total. The van der Waals surface area contributed by atoms with E-state index in [2.05, 4.69) is 32.4 Å². The summed E-state index contributed by atoms with van der Waals surface area (Å²) < 4.78 is 9.33. The predicted molar refractivity (Wildman–Crippen MR) is 187 cm³/mol. The third kappa shape index (κ3) is 8.22. The maximum absolute atomic E-state index is 14.2. The molecule has 2 aromatic carbocycles. The van der Waals surface area contributed by atoms with Crippen LogP contribution in [0.15, 0.2) is 60.7 Å². The van der Waals surface area contributed by atoms with Gasteiger partial charge < -0.3 is 14.4 Å². The van der Waals surface area contributed by atoms with Crippen molar-refractivity contribution < 1.29 is 19.5 Å². The van der Waals surface area contributed by atoms with Gasteiger partial charge in [0.25, 0.3) is 0 Å². The van der Waals surface area contributed by atoms with Crippen molar-refractivity contribution in [3.63, 3.8) is 0 Å². The average Bonchev–Trinajstić information content (AvgIpc) is 3.72. The smallest absolute Gasteiger partial charge is 0.234 e. The molecule has 0 aliphatic rings. The van der Waals surface area contributed by atoms with Crippen LogP contribution in [0, 0.1) is 0 Å². The van der Waals surface area contributed by atoms with Gasteiger partial charge in [-0.3, -0.25) is 9.63 Å². The van der Waals surface area contributed by atoms with Gasteiger partial charge in [-0.05, 0) is 72.5 Å². The number of nitrogens with zero attached hydrogens (tertiary/aromatic N) is 8. The lowest BCUT2D eigenvalue weighted by molar-refractivity contribution is -0.159. The van der Waals surface area contributed by atoms with E-state index in [1.165, 1.54) is 6.07 Å². The number of hydroxylamine groups is 2. The molecule has 5 rings (SSSR count). The van der Waals surface area contributed by atoms with Crippen molar-refractivity contribution in [2.45, 2.75) is 73.2 Å². The van der Waals surface area contributed by atoms with E-state index in [4.69, 9.17) is 21.2 Å². The molecule has 0 aliphatic carbocycles. The summed E-state index contributed by atoms with van der Waals surface area (Å²) in [6, 6.07) is 19.2. The van der Waals surface area contributed by atoms with Crippen LogP contribution in [0.1, 0.15) is 87.0 Å². The van der Waals surface area contributed by atoms with E-state index >= 15 is 0 Å². The molecular weight excluding hydrogens is 644 g/mol. The van der Waals surface area contributed by atoms with Crippen LogP contribution in [0.3, 0.4) is 0 Å². The molecule has 3 heterocycles. The number of ether oxygens (including phenoxy) is 1. The van der Waals surface area contributed by atoms with Crippen LogP contribution in [-0.2, 0) is 29.1 Å². The number of carbonyl (C=O) groups excluding carboxylic acids is 1. The third-order valence-corrected chi connectivity index (χ3v) is 8.38. The fourth-order valence-electron chi connectivity index (χ4n) is 5.71. The van der Waals surface area contributed by atoms with Gasteiger partial charge in [-0.1, -0.05) is 74.3 Å². The van der Waals surface area contributed by atoms with E-state index in [0.29, 0.717) is 50.1 Å². The number of carbonyl (C=O) groups is 1. The van der Waals surface area contributed by atoms with E-state index in [1.54, 1.807) is 15.8 Å². The van der Waals surface area contributed by atoms with Gasteiger partial charge in [-0.2, -0.15) is 9.75 Å². The topological polar surface area (TPSA) is 133 Å². The van der Waals surface area contributed by atoms with Crippen LogP contribution < -0.4 is 0 Å². The first-order chi connectivity index (χ1) is 23.8. The molecular formula is C36H43ClN8O4. The molecule has 5 aromatic rings. The molecule has 49 heavy (non-hydrogen) atoms. The van der Waals surface area contributed by atoms with Crippen molar-refractivity contribution in [1.29, 1.82) is 0 Å². The highest BCUT2D eigenvalue weighted by Crippen LogP contribution is 2.34. The quantitative estimate of drug-likeness (QED) is 0.0813. The fraction of sp³-hybridized carbons (Fsp3) is 0.389. The van der Waals surface area contributed by atoms with Gasteiger partial charge >= 0.3 is 0 Å². The summed E-state index contributed by atoms with van der Waals surface area (Å²) in [5.74, 6) is 0.460. The molecule has 13 heteroatoms. The minimum atomic E-state index is -0.519. The van der Waals surface area contributed by atoms with Gasteiger partial charge in [-0.25, -0.2) is 9.97 Å². The van der Waals surface area contributed by atoms with E-state index in [9.17, 15) is 9.90 Å². The second kappa shape index (κ2) is 16.8. The van der Waals surface area contributed by atoms with E-state index < -0.39 is 12.0 Å². The van der Waals surface area contributed by atoms with Crippen molar-refractivity contribution in [3.05, 3.63) is 94.3 Å². The maximum atomic E-state index is 14.2. The van der Waals surface area contributed by atoms with E-state index in [-0.39, 0.29) is 28.8 Å². The van der Waals surface area contributed by atoms with Crippen molar-refractivity contribution >= 4 is 17.4 Å². The standard InChI is InChI=1S/C36H43ClN8O4/c1-6-10-16-31-39-35(37)33(34(47)32-30(46)20-18-27(38-32)23-43(7-2)49-9-4)44(31)22-25-17-19-28(26-14-12-11-13-15-26)29(21-25)36-40-41-42-45(36)24(5)48-8-3/h11-15,17-21,24,46H,6-10,16,22-23H2,1-5H3. The highest BCUT2D eigenvalue weighted by Gasteiger charge is 2.27. The number of ketones is 1. The molecule has 1 unspecified atom stereocenters. The Hall–Kier alpha value is -4.49. The van der Waals surface area contributed by atoms with Crippen LogP contribution in [0.4, 0.5) is 0 Å². The Morgan fingerprint density at radius 2 is 1.80 bits per heavy atom. The molecule has 0 aliphatic heterocycles. The molecule has 0 spiro atoms. The molecule has 3 aromatic heterocycles. The number of imidazole rings is 1. The van der Waals surface area contributed by atoms with Gasteiger partial charge in [0, 0.05) is 31.7 Å². The summed E-state index contributed by atoms with van der Waals surface area (Å²) in [7, 11) is 0. The summed E-state index contributed by atoms with van der Waals surface area (Å²) in [6.45, 7) is 12.0. The Morgan fingerprint density at radius 3 is 2.51 bits per heavy atom. The van der Waals surface area contributed by atoms with Crippen LogP contribution in [0.25, 0.3) is 22.5 Å². The molecule has 258 valence electrons. The number of pyridine rings is 1. The molecule has 0 saturated carbocycles. The number of unbranched alkanes of at least 4 members (excludes halogenated alkanes) is 1. The second-order valence-electron chi connectivity index (χ2n) is 11.5. The van der Waals surface area contributed by atoms with Gasteiger partial charge in [0.1, 0.15) is 17.3 Å². The summed E-state index contributed by atoms with van der Waals surface area (Å²) in [5, 5.41) is 25.3. The molecule has 0 radical (unpaired) electrons. The first-order valence-corrected chi connectivity index (χ1v) is 17.1. The van der Waals surface area contributed by atoms with Gasteiger partial charge in [0.05, 0.1) is 18.8 Å². The van der Waals surface area contributed by atoms with Crippen molar-refractivity contribution in [3.8, 4) is 28.3 Å². The van der Waals surface area contributed by atoms with E-state index in [0.717, 1.165) is 35.1 Å². The van der Waals surface area contributed by atoms with Crippen molar-refractivity contribution in [1.82, 2.24) is 39.8 Å². The average molecular weight is 687 g/mol. The third-order valence-electron chi connectivity index (χ3n) is 8.12. The molecule has 0 fully saturated rings. The summed E-state index contributed by atoms with van der Waals surface area (Å²) in [6.07, 6.45) is 2.00. The molecule has 1 atom stereocenters. The molecule has 0 bridgehead atoms. The highest BCUT2D eigenvalue weighted by atomic mass is 35.5. The minimum absolute atomic E-state index is 0.0582. The molecule has 0 saturated heterocycles. The van der Waals surface area contributed by atoms with Gasteiger partial charge in [0.15, 0.2) is 22.9 Å². The number of benzene rings is 2. The number of tetrazole rings is 1. The Balaban J connectivity index is 1.60. The Labute approximate surface area is 291 Å². The van der Waals surface area contributed by atoms with E-state index in [1.807, 2.05) is 80.8 Å². The lowest BCUT2D eigenvalue weighted by Crippen LogP contribution is -2.24. The zero-order valence-corrected chi connectivity index (χ0v) is 29.4. The monoisotopic (exact) mass is 686 g/mol. The van der Waals surface area contributed by atoms with Crippen LogP contribution in [-0.4, -0.2) is 70.5 Å². The first kappa shape index (κ1) is 35.8. The number of hydrogen-bond acceptors (Lipinski definition) is 10. The number of hydrogen-bond donors (Lipinski definition) is 1. The number of aryl methyl sites for hydroxylation is 1. The van der Waals surface area contributed by atoms with Crippen LogP contribution >= 0.6 is 11.6 Å². The summed E-state index contributed by atoms with van der Waals surface area (Å²) in [5.41, 5.74) is 4.25. The van der Waals surface area contributed by atoms with Crippen LogP contribution in [0.5, 0.6) is 5.75 Å². The Kier molecular flexibility index (Phi) is 12.2. The summed E-state index contributed by atoms with van der Waals surface area (Å²) >= 11 is 6.75. The maximum Gasteiger partial charge on any atom is 0.234 e. The van der Waals surface area contributed by atoms with Gasteiger partial charge in [-0.15, -0.1) is 5.10 Å². The number of aromatic hydroxyl groups is 1. The number of halogens is 1. The zero-order chi connectivity index (χ0) is 34.9. The largest absolute Gasteiger partial charge is 0.506 e. The number of aromatic nitrogens is 7. The van der Waals surface area contributed by atoms with Gasteiger partial charge in [0.2, 0.25) is 5.78 Å². The second-order valence-corrected chi connectivity index (χ2v) is 11.8. The number of rotatable bonds is 17. The van der Waals surface area contributed by atoms with Crippen molar-refractivity contribution in [2.75, 3.05) is 19.8 Å². The predicted octanol–water partition coefficient (Wildman–Crippen LogP) is 6.91. The highest BCUT2D eigenvalue weighted by molar-refractivity contribution is 6.33. The Bertz CT molecular complexity index is 1860. The lowest BCUT2D eigenvalue weighted by Gasteiger charge is -2.19. The SMILES string of the molecule is CCCCc1nc(Cl)c(C(=O)c2nc(CN(CC)OCC)ccc2O)n1Cc1ccc(-c2ccccc2)c(-c2nnnn2C(C)OCC)c1. The normalized spacial score (nSPS) is 12.1. The fourth-order valence-corrected chi connectivity index (χ4v) is 5.99. The zero-order valence-electron chi connectivity index (χ0n) is 28.6. The summed E-state index contributed by atoms with van der Waals surface area (Å²) in [4.78, 5) is 29.1. The molecule has 1 N–H and O–H groups in total.